The molecule has 3 N–H and O–H groups in total. The van der Waals surface area contributed by atoms with Gasteiger partial charge in [-0.05, 0) is 25.7 Å². The molecule has 2 unspecified atom stereocenters. The molecular formula is C12H21N3O4. The van der Waals surface area contributed by atoms with E-state index in [-0.39, 0.29) is 12.6 Å². The first-order chi connectivity index (χ1) is 8.81. The quantitative estimate of drug-likeness (QED) is 0.756. The SMILES string of the molecule is CC1CCN(C(=O)N(CC(N)=O)CC(=O)O)C(C)C1. The summed E-state index contributed by atoms with van der Waals surface area (Å²) in [7, 11) is 0. The number of primary amides is 1. The van der Waals surface area contributed by atoms with E-state index in [4.69, 9.17) is 10.8 Å². The highest BCUT2D eigenvalue weighted by molar-refractivity contribution is 5.86. The van der Waals surface area contributed by atoms with Gasteiger partial charge in [-0.15, -0.1) is 0 Å². The molecule has 0 radical (unpaired) electrons. The number of nitrogens with two attached hydrogens (primary N) is 1. The van der Waals surface area contributed by atoms with Crippen molar-refractivity contribution in [2.45, 2.75) is 32.7 Å². The third-order valence-electron chi connectivity index (χ3n) is 3.33. The molecular weight excluding hydrogens is 250 g/mol. The molecule has 7 nitrogen and oxygen atoms in total. The van der Waals surface area contributed by atoms with Crippen LogP contribution in [0.15, 0.2) is 0 Å². The normalized spacial score (nSPS) is 22.9. The average Bonchev–Trinajstić information content (AvgIpc) is 2.26. The van der Waals surface area contributed by atoms with Crippen molar-refractivity contribution in [2.75, 3.05) is 19.6 Å². The molecule has 2 atom stereocenters. The second-order valence-corrected chi connectivity index (χ2v) is 5.17. The fraction of sp³-hybridized carbons (Fsp3) is 0.750. The zero-order valence-corrected chi connectivity index (χ0v) is 11.3. The smallest absolute Gasteiger partial charge is 0.323 e. The highest BCUT2D eigenvalue weighted by atomic mass is 16.4. The van der Waals surface area contributed by atoms with Gasteiger partial charge in [0.25, 0.3) is 0 Å². The van der Waals surface area contributed by atoms with E-state index in [1.807, 2.05) is 6.92 Å². The lowest BCUT2D eigenvalue weighted by Crippen LogP contribution is -2.53. The number of hydrogen-bond donors (Lipinski definition) is 2. The van der Waals surface area contributed by atoms with Gasteiger partial charge in [-0.2, -0.15) is 0 Å². The summed E-state index contributed by atoms with van der Waals surface area (Å²) in [5.74, 6) is -1.33. The van der Waals surface area contributed by atoms with Crippen molar-refractivity contribution in [2.24, 2.45) is 11.7 Å². The maximum atomic E-state index is 12.3. The predicted octanol–water partition coefficient (Wildman–Crippen LogP) is 0.0987. The number of piperidine rings is 1. The minimum absolute atomic E-state index is 0.0421. The Labute approximate surface area is 112 Å². The van der Waals surface area contributed by atoms with Crippen LogP contribution >= 0.6 is 0 Å². The van der Waals surface area contributed by atoms with E-state index in [1.54, 1.807) is 4.90 Å². The standard InChI is InChI=1S/C12H21N3O4/c1-8-3-4-15(9(2)5-8)12(19)14(6-10(13)16)7-11(17)18/h8-9H,3-7H2,1-2H3,(H2,13,16)(H,17,18). The highest BCUT2D eigenvalue weighted by Crippen LogP contribution is 2.23. The van der Waals surface area contributed by atoms with Crippen molar-refractivity contribution in [1.82, 2.24) is 9.80 Å². The molecule has 7 heteroatoms. The molecule has 1 heterocycles. The van der Waals surface area contributed by atoms with Crippen LogP contribution in [0.1, 0.15) is 26.7 Å². The molecule has 0 bridgehead atoms. The molecule has 0 aromatic heterocycles. The molecule has 1 aliphatic rings. The lowest BCUT2D eigenvalue weighted by Gasteiger charge is -2.39. The van der Waals surface area contributed by atoms with Crippen LogP contribution in [0, 0.1) is 5.92 Å². The summed E-state index contributed by atoms with van der Waals surface area (Å²) >= 11 is 0. The van der Waals surface area contributed by atoms with Gasteiger partial charge in [0.1, 0.15) is 13.1 Å². The van der Waals surface area contributed by atoms with Crippen molar-refractivity contribution < 1.29 is 19.5 Å². The number of rotatable bonds is 4. The van der Waals surface area contributed by atoms with E-state index in [9.17, 15) is 14.4 Å². The topological polar surface area (TPSA) is 104 Å². The molecule has 1 fully saturated rings. The van der Waals surface area contributed by atoms with Crippen LogP contribution in [0.5, 0.6) is 0 Å². The summed E-state index contributed by atoms with van der Waals surface area (Å²) in [5.41, 5.74) is 5.05. The van der Waals surface area contributed by atoms with Gasteiger partial charge < -0.3 is 20.6 Å². The van der Waals surface area contributed by atoms with E-state index >= 15 is 0 Å². The third kappa shape index (κ3) is 4.42. The van der Waals surface area contributed by atoms with Gasteiger partial charge in [0.15, 0.2) is 0 Å². The first-order valence-corrected chi connectivity index (χ1v) is 6.37. The molecule has 0 saturated carbocycles. The van der Waals surface area contributed by atoms with Crippen LogP contribution in [0.2, 0.25) is 0 Å². The van der Waals surface area contributed by atoms with Crippen molar-refractivity contribution >= 4 is 17.9 Å². The van der Waals surface area contributed by atoms with Crippen molar-refractivity contribution in [3.05, 3.63) is 0 Å². The molecule has 0 aliphatic carbocycles. The number of amides is 3. The largest absolute Gasteiger partial charge is 0.480 e. The Kier molecular flexibility index (Phi) is 5.14. The van der Waals surface area contributed by atoms with Crippen molar-refractivity contribution in [3.63, 3.8) is 0 Å². The summed E-state index contributed by atoms with van der Waals surface area (Å²) in [6.07, 6.45) is 1.76. The van der Waals surface area contributed by atoms with Crippen LogP contribution < -0.4 is 5.73 Å². The molecule has 0 aromatic rings. The van der Waals surface area contributed by atoms with E-state index < -0.39 is 24.5 Å². The molecule has 1 aliphatic heterocycles. The fourth-order valence-electron chi connectivity index (χ4n) is 2.42. The lowest BCUT2D eigenvalue weighted by molar-refractivity contribution is -0.138. The molecule has 1 rings (SSSR count). The molecule has 19 heavy (non-hydrogen) atoms. The van der Waals surface area contributed by atoms with E-state index in [2.05, 4.69) is 6.92 Å². The summed E-state index contributed by atoms with van der Waals surface area (Å²) in [6.45, 7) is 3.74. The molecule has 1 saturated heterocycles. The second kappa shape index (κ2) is 6.40. The number of likely N-dealkylation sites (tertiary alicyclic amines) is 1. The zero-order chi connectivity index (χ0) is 14.6. The Morgan fingerprint density at radius 1 is 1.32 bits per heavy atom. The van der Waals surface area contributed by atoms with E-state index in [1.165, 1.54) is 0 Å². The number of carboxylic acid groups (broad SMARTS) is 1. The van der Waals surface area contributed by atoms with Gasteiger partial charge in [-0.25, -0.2) is 4.79 Å². The summed E-state index contributed by atoms with van der Waals surface area (Å²) in [6, 6.07) is -0.388. The monoisotopic (exact) mass is 271 g/mol. The van der Waals surface area contributed by atoms with Gasteiger partial charge in [0, 0.05) is 12.6 Å². The fourth-order valence-corrected chi connectivity index (χ4v) is 2.42. The maximum Gasteiger partial charge on any atom is 0.323 e. The van der Waals surface area contributed by atoms with Crippen LogP contribution in [-0.2, 0) is 9.59 Å². The molecule has 108 valence electrons. The van der Waals surface area contributed by atoms with Gasteiger partial charge in [-0.1, -0.05) is 6.92 Å². The zero-order valence-electron chi connectivity index (χ0n) is 11.3. The number of hydrogen-bond acceptors (Lipinski definition) is 3. The first-order valence-electron chi connectivity index (χ1n) is 6.37. The minimum Gasteiger partial charge on any atom is -0.480 e. The Hall–Kier alpha value is -1.79. The number of nitrogens with zero attached hydrogens (tertiary/aromatic N) is 2. The Balaban J connectivity index is 2.74. The third-order valence-corrected chi connectivity index (χ3v) is 3.33. The Morgan fingerprint density at radius 2 is 1.95 bits per heavy atom. The number of carbonyl (C=O) groups excluding carboxylic acids is 2. The van der Waals surface area contributed by atoms with Crippen LogP contribution in [0.4, 0.5) is 4.79 Å². The van der Waals surface area contributed by atoms with Crippen LogP contribution in [0.25, 0.3) is 0 Å². The van der Waals surface area contributed by atoms with E-state index in [0.717, 1.165) is 17.7 Å². The molecule has 0 aromatic carbocycles. The molecule has 3 amide bonds. The number of carbonyl (C=O) groups is 3. The van der Waals surface area contributed by atoms with Crippen LogP contribution in [0.3, 0.4) is 0 Å². The van der Waals surface area contributed by atoms with Gasteiger partial charge >= 0.3 is 12.0 Å². The number of carboxylic acids is 1. The van der Waals surface area contributed by atoms with Gasteiger partial charge in [0.2, 0.25) is 5.91 Å². The van der Waals surface area contributed by atoms with Crippen molar-refractivity contribution in [3.8, 4) is 0 Å². The lowest BCUT2D eigenvalue weighted by atomic mass is 9.94. The van der Waals surface area contributed by atoms with Crippen LogP contribution in [-0.4, -0.2) is 58.5 Å². The summed E-state index contributed by atoms with van der Waals surface area (Å²) in [5, 5.41) is 8.79. The minimum atomic E-state index is -1.16. The predicted molar refractivity (Wildman–Crippen MR) is 68.4 cm³/mol. The van der Waals surface area contributed by atoms with Crippen molar-refractivity contribution in [1.29, 1.82) is 0 Å². The Morgan fingerprint density at radius 3 is 2.42 bits per heavy atom. The first kappa shape index (κ1) is 15.3. The summed E-state index contributed by atoms with van der Waals surface area (Å²) in [4.78, 5) is 36.5. The second-order valence-electron chi connectivity index (χ2n) is 5.17. The average molecular weight is 271 g/mol. The number of aliphatic carboxylic acids is 1. The molecule has 0 spiro atoms. The summed E-state index contributed by atoms with van der Waals surface area (Å²) < 4.78 is 0. The Bertz CT molecular complexity index is 356. The van der Waals surface area contributed by atoms with Gasteiger partial charge in [-0.3, -0.25) is 9.59 Å². The van der Waals surface area contributed by atoms with Gasteiger partial charge in [0.05, 0.1) is 0 Å². The maximum absolute atomic E-state index is 12.3. The van der Waals surface area contributed by atoms with E-state index in [0.29, 0.717) is 12.5 Å². The number of urea groups is 1. The highest BCUT2D eigenvalue weighted by Gasteiger charge is 2.31.